The fraction of sp³-hybridized carbons (Fsp3) is 0.209. The number of nitrogens with zero attached hydrogens (tertiary/aromatic N) is 16. The van der Waals surface area contributed by atoms with Crippen LogP contribution in [0.3, 0.4) is 0 Å². The van der Waals surface area contributed by atoms with E-state index in [1.165, 1.54) is 0 Å². The van der Waals surface area contributed by atoms with E-state index in [4.69, 9.17) is 9.97 Å². The van der Waals surface area contributed by atoms with Gasteiger partial charge in [0.15, 0.2) is 0 Å². The topological polar surface area (TPSA) is 221 Å². The van der Waals surface area contributed by atoms with Crippen LogP contribution < -0.4 is 47.2 Å². The molecule has 8 aromatic carbocycles. The molecule has 0 fully saturated rings. The SMILES string of the molecule is CC(C)c1cc(-c2c3nc(c(-c4cc(N(C)C)cc(N(C)C)c4)c4[nH]c(c(-c5cc(N(C)C)cc(N(C)C)c5)c5nc(c(-c6cc(N(C)C)cc(N(C)C)c6)c6[nH]c2c2c(F)c([Se]C#N)c([Se]C#N)c(F)c62)-c2c(F)c(N=C=[Se])c(N=C=[Se])c(F)c2-5)c2c(F)c(N=C=[Se])c(N=C=[Se])c(F)c42)-c2c(F)c([Se]C#N)c([Se]C#N)c(F)c2-3)cc(C(C)C)c1. The molecule has 34 heteroatoms. The number of halogens is 8. The summed E-state index contributed by atoms with van der Waals surface area (Å²) in [4.78, 5) is 53.8. The first kappa shape index (κ1) is 87.9. The van der Waals surface area contributed by atoms with E-state index in [1.807, 2.05) is 53.6 Å². The third-order valence-corrected chi connectivity index (χ3v) is 28.4. The van der Waals surface area contributed by atoms with E-state index < -0.39 is 236 Å². The fourth-order valence-corrected chi connectivity index (χ4v) is 21.3. The number of rotatable bonds is 20. The van der Waals surface area contributed by atoms with Crippen molar-refractivity contribution in [2.24, 2.45) is 20.0 Å². The molecule has 2 N–H and O–H groups in total. The number of H-pyrrole nitrogens is 2. The van der Waals surface area contributed by atoms with E-state index in [0.717, 1.165) is 0 Å². The first-order chi connectivity index (χ1) is 57.2. The number of hydrogen-bond acceptors (Lipinski definition) is 16. The normalized spacial score (nSPS) is 11.2. The van der Waals surface area contributed by atoms with Crippen molar-refractivity contribution in [2.45, 2.75) is 39.5 Å². The van der Waals surface area contributed by atoms with Crippen molar-refractivity contribution in [1.29, 1.82) is 21.0 Å². The molecule has 10 aromatic rings. The summed E-state index contributed by atoms with van der Waals surface area (Å²) in [6, 6.07) is 20.6. The van der Waals surface area contributed by atoms with Crippen molar-refractivity contribution in [3.8, 4) is 109 Å². The number of nitrogens with one attached hydrogen (secondary N) is 2. The van der Waals surface area contributed by atoms with Gasteiger partial charge in [-0.1, -0.05) is 0 Å². The minimum absolute atomic E-state index is 0.0173. The average molecular weight is 2130 g/mol. The van der Waals surface area contributed by atoms with Gasteiger partial charge in [-0.25, -0.2) is 0 Å². The van der Waals surface area contributed by atoms with E-state index in [2.05, 4.69) is 111 Å². The summed E-state index contributed by atoms with van der Waals surface area (Å²) in [6.45, 7) is 7.63. The molecular weight excluding hydrogens is 2070 g/mol. The van der Waals surface area contributed by atoms with Gasteiger partial charge in [-0.05, 0) is 0 Å². The van der Waals surface area contributed by atoms with Crippen LogP contribution in [0.1, 0.15) is 50.7 Å². The van der Waals surface area contributed by atoms with Gasteiger partial charge in [0, 0.05) is 0 Å². The Morgan fingerprint density at radius 1 is 0.308 bits per heavy atom. The van der Waals surface area contributed by atoms with Gasteiger partial charge in [0.05, 0.1) is 0 Å². The Labute approximate surface area is 741 Å². The van der Waals surface area contributed by atoms with E-state index in [0.29, 0.717) is 45.3 Å². The van der Waals surface area contributed by atoms with E-state index in [9.17, 15) is 21.0 Å². The van der Waals surface area contributed by atoms with Gasteiger partial charge in [-0.3, -0.25) is 0 Å². The zero-order valence-corrected chi connectivity index (χ0v) is 80.2. The molecule has 8 bridgehead atoms. The van der Waals surface area contributed by atoms with Crippen LogP contribution in [0.25, 0.3) is 133 Å². The molecule has 2 aromatic heterocycles. The van der Waals surface area contributed by atoms with Crippen LogP contribution in [-0.4, -0.2) is 245 Å². The summed E-state index contributed by atoms with van der Waals surface area (Å²) in [5, 5.41) is 40.8. The van der Waals surface area contributed by atoms with Crippen molar-refractivity contribution >= 4 is 259 Å². The van der Waals surface area contributed by atoms with Gasteiger partial charge in [-0.2, -0.15) is 0 Å². The molecule has 18 nitrogen and oxygen atoms in total. The number of hydrogen-bond donors (Lipinski definition) is 2. The van der Waals surface area contributed by atoms with Gasteiger partial charge < -0.3 is 0 Å². The van der Waals surface area contributed by atoms with Crippen molar-refractivity contribution < 1.29 is 35.1 Å². The summed E-state index contributed by atoms with van der Waals surface area (Å²) in [6.07, 6.45) is 0. The average Bonchev–Trinajstić information content (AvgIpc) is 1.54. The quantitative estimate of drug-likeness (QED) is 0.0413. The number of aliphatic imine (C=N–C) groups is 4. The van der Waals surface area contributed by atoms with Gasteiger partial charge in [0.1, 0.15) is 0 Å². The molecule has 1 aliphatic carbocycles. The third-order valence-electron chi connectivity index (χ3n) is 20.6. The molecule has 120 heavy (non-hydrogen) atoms. The van der Waals surface area contributed by atoms with Crippen LogP contribution in [-0.2, 0) is 0 Å². The molecule has 2 aliphatic heterocycles. The van der Waals surface area contributed by atoms with E-state index in [-0.39, 0.29) is 56.3 Å². The molecule has 0 unspecified atom stereocenters. The van der Waals surface area contributed by atoms with Crippen molar-refractivity contribution in [3.63, 3.8) is 0 Å². The van der Waals surface area contributed by atoms with Gasteiger partial charge in [0.2, 0.25) is 0 Å². The number of anilines is 6. The molecule has 0 radical (unpaired) electrons. The van der Waals surface area contributed by atoms with Crippen molar-refractivity contribution in [1.82, 2.24) is 19.9 Å². The maximum atomic E-state index is 20.1. The van der Waals surface area contributed by atoms with Crippen molar-refractivity contribution in [2.75, 3.05) is 114 Å². The van der Waals surface area contributed by atoms with Crippen LogP contribution in [0.2, 0.25) is 0 Å². The maximum absolute atomic E-state index is 20.1. The molecule has 0 amide bonds. The Morgan fingerprint density at radius 2 is 0.525 bits per heavy atom. The summed E-state index contributed by atoms with van der Waals surface area (Å²) >= 11 is 3.41. The molecule has 0 atom stereocenters. The minimum atomic E-state index is -1.65. The monoisotopic (exact) mass is 2140 g/mol. The molecular formula is C86H64F8N18Se8. The van der Waals surface area contributed by atoms with Crippen LogP contribution in [0.5, 0.6) is 0 Å². The molecule has 0 saturated heterocycles. The summed E-state index contributed by atoms with van der Waals surface area (Å²) < 4.78 is 168. The second-order valence-corrected chi connectivity index (χ2v) is 37.7. The molecule has 13 rings (SSSR count). The molecule has 0 spiro atoms. The Hall–Kier alpha value is -9.92. The standard InChI is InChI=1S/C86H64F8N18Se8/c1-37(2)39-17-40(38(3)4)19-41(18-39)51-75-59-61(69(93)85(119-31-97)83(67(59)91)117-29-95)77(105-75)53(43-22-47(109(9)10)27-48(23-43)110(11)12)73-57-55(63(87)79(99-33-113)81(65(57)89)101-35-115)71(103-73)52(42-20-45(107(5)6)26-46(21-42)108(7)8)72-56-58(66(90)82(102-36-116)80(64(56)88)100-34-114)74(104-72)54(44-24-49(111(13)14)28-50(25-44)112(15)16)78-62-60(76(51)106-78)68(92)84(118-30-96)86(70(62)94)120-32-98/h17-28,37-38,103,106H,1-16H3. The Balaban J connectivity index is 1.63. The number of nitriles is 4. The molecule has 0 saturated carbocycles. The zero-order valence-electron chi connectivity index (χ0n) is 66.5. The summed E-state index contributed by atoms with van der Waals surface area (Å²) in [5.74, 6) is -11.2. The van der Waals surface area contributed by atoms with Gasteiger partial charge >= 0.3 is 749 Å². The Bertz CT molecular complexity index is 6820. The summed E-state index contributed by atoms with van der Waals surface area (Å²) in [5.41, 5.74) is -7.58. The second-order valence-electron chi connectivity index (χ2n) is 29.5. The van der Waals surface area contributed by atoms with Crippen LogP contribution >= 0.6 is 0 Å². The predicted octanol–water partition coefficient (Wildman–Crippen LogP) is 13.8. The van der Waals surface area contributed by atoms with Crippen LogP contribution in [0.15, 0.2) is 92.8 Å². The zero-order chi connectivity index (χ0) is 87.0. The number of benzene rings is 8. The Kier molecular flexibility index (Phi) is 25.8. The first-order valence-corrected chi connectivity index (χ1v) is 46.3. The van der Waals surface area contributed by atoms with Crippen molar-refractivity contribution in [3.05, 3.63) is 130 Å². The second kappa shape index (κ2) is 35.3. The molecule has 602 valence electrons. The number of aromatic nitrogens is 4. The molecule has 3 aliphatic rings. The van der Waals surface area contributed by atoms with Gasteiger partial charge in [-0.15, -0.1) is 0 Å². The molecule has 4 heterocycles. The fourth-order valence-electron chi connectivity index (χ4n) is 14.9. The van der Waals surface area contributed by atoms with Crippen LogP contribution in [0, 0.1) is 87.5 Å². The summed E-state index contributed by atoms with van der Waals surface area (Å²) in [7, 11) is 20.8. The van der Waals surface area contributed by atoms with E-state index in [1.54, 1.807) is 181 Å². The predicted molar refractivity (Wildman–Crippen MR) is 476 cm³/mol. The van der Waals surface area contributed by atoms with E-state index >= 15 is 35.1 Å². The first-order valence-electron chi connectivity index (χ1n) is 36.1. The number of aromatic amines is 2. The van der Waals surface area contributed by atoms with Gasteiger partial charge in [0.25, 0.3) is 0 Å². The van der Waals surface area contributed by atoms with Crippen LogP contribution in [0.4, 0.5) is 92.0 Å². The Morgan fingerprint density at radius 3 is 0.750 bits per heavy atom. The third kappa shape index (κ3) is 15.1.